The molecule has 0 radical (unpaired) electrons. The molecule has 16 heavy (non-hydrogen) atoms. The molecule has 3 heterocycles. The second kappa shape index (κ2) is 3.54. The Balaban J connectivity index is 2.07. The van der Waals surface area contributed by atoms with Gasteiger partial charge in [0.05, 0.1) is 12.4 Å². The van der Waals surface area contributed by atoms with E-state index in [1.54, 1.807) is 24.8 Å². The summed E-state index contributed by atoms with van der Waals surface area (Å²) in [6.07, 6.45) is 6.73. The van der Waals surface area contributed by atoms with Gasteiger partial charge in [-0.1, -0.05) is 0 Å². The van der Waals surface area contributed by atoms with Crippen molar-refractivity contribution in [3.63, 3.8) is 0 Å². The number of aromatic nitrogens is 7. The summed E-state index contributed by atoms with van der Waals surface area (Å²) >= 11 is 0. The van der Waals surface area contributed by atoms with Crippen LogP contribution in [0.2, 0.25) is 0 Å². The normalized spacial score (nSPS) is 10.5. The summed E-state index contributed by atoms with van der Waals surface area (Å²) in [6, 6.07) is 1.93. The van der Waals surface area contributed by atoms with Crippen LogP contribution in [-0.4, -0.2) is 35.8 Å². The summed E-state index contributed by atoms with van der Waals surface area (Å²) in [5, 5.41) is 20.6. The van der Waals surface area contributed by atoms with Crippen LogP contribution in [0.5, 0.6) is 0 Å². The Morgan fingerprint density at radius 1 is 0.750 bits per heavy atom. The van der Waals surface area contributed by atoms with Crippen molar-refractivity contribution in [1.82, 2.24) is 35.8 Å². The molecule has 7 nitrogen and oxygen atoms in total. The van der Waals surface area contributed by atoms with Crippen LogP contribution in [0.3, 0.4) is 0 Å². The zero-order valence-electron chi connectivity index (χ0n) is 8.12. The fraction of sp³-hybridized carbons (Fsp3) is 0. The van der Waals surface area contributed by atoms with Crippen molar-refractivity contribution in [2.24, 2.45) is 0 Å². The Hall–Kier alpha value is -2.57. The average molecular weight is 213 g/mol. The molecule has 0 spiro atoms. The fourth-order valence-electron chi connectivity index (χ4n) is 1.40. The molecule has 78 valence electrons. The lowest BCUT2D eigenvalue weighted by Crippen LogP contribution is -1.84. The highest BCUT2D eigenvalue weighted by molar-refractivity contribution is 5.66. The Labute approximate surface area is 89.9 Å². The Morgan fingerprint density at radius 3 is 1.75 bits per heavy atom. The van der Waals surface area contributed by atoms with Crippen LogP contribution >= 0.6 is 0 Å². The molecule has 0 aromatic carbocycles. The first-order chi connectivity index (χ1) is 7.93. The van der Waals surface area contributed by atoms with Crippen molar-refractivity contribution in [1.29, 1.82) is 0 Å². The predicted octanol–water partition coefficient (Wildman–Crippen LogP) is 0.652. The molecule has 0 atom stereocenters. The number of nitrogens with one attached hydrogen (secondary N) is 2. The average Bonchev–Trinajstić information content (AvgIpc) is 3.03. The summed E-state index contributed by atoms with van der Waals surface area (Å²) in [6.45, 7) is 0. The minimum Gasteiger partial charge on any atom is -0.263 e. The van der Waals surface area contributed by atoms with E-state index < -0.39 is 0 Å². The lowest BCUT2D eigenvalue weighted by atomic mass is 10.1. The molecule has 2 N–H and O–H groups in total. The quantitative estimate of drug-likeness (QED) is 0.651. The largest absolute Gasteiger partial charge is 0.263 e. The molecule has 0 saturated carbocycles. The van der Waals surface area contributed by atoms with E-state index in [1.165, 1.54) is 0 Å². The monoisotopic (exact) mass is 213 g/mol. The molecular weight excluding hydrogens is 206 g/mol. The molecule has 3 aromatic rings. The van der Waals surface area contributed by atoms with Gasteiger partial charge in [0.25, 0.3) is 0 Å². The van der Waals surface area contributed by atoms with Crippen molar-refractivity contribution in [2.75, 3.05) is 0 Å². The predicted molar refractivity (Wildman–Crippen MR) is 55.0 cm³/mol. The Morgan fingerprint density at radius 2 is 1.31 bits per heavy atom. The maximum Gasteiger partial charge on any atom is 0.114 e. The Kier molecular flexibility index (Phi) is 1.93. The molecule has 3 aromatic heterocycles. The van der Waals surface area contributed by atoms with E-state index in [-0.39, 0.29) is 0 Å². The summed E-state index contributed by atoms with van der Waals surface area (Å²) in [4.78, 5) is 4.13. The van der Waals surface area contributed by atoms with Crippen LogP contribution in [0.25, 0.3) is 22.5 Å². The topological polar surface area (TPSA) is 96.0 Å². The minimum atomic E-state index is 0.748. The molecule has 0 aliphatic carbocycles. The molecule has 0 amide bonds. The number of rotatable bonds is 2. The number of aromatic amines is 2. The highest BCUT2D eigenvalue weighted by Gasteiger charge is 2.05. The second-order valence-corrected chi connectivity index (χ2v) is 3.17. The molecule has 3 rings (SSSR count). The van der Waals surface area contributed by atoms with Gasteiger partial charge in [-0.15, -0.1) is 0 Å². The van der Waals surface area contributed by atoms with Gasteiger partial charge in [0.15, 0.2) is 0 Å². The van der Waals surface area contributed by atoms with E-state index >= 15 is 0 Å². The van der Waals surface area contributed by atoms with Crippen molar-refractivity contribution >= 4 is 0 Å². The summed E-state index contributed by atoms with van der Waals surface area (Å²) < 4.78 is 0. The van der Waals surface area contributed by atoms with Crippen LogP contribution < -0.4 is 0 Å². The van der Waals surface area contributed by atoms with E-state index in [2.05, 4.69) is 35.8 Å². The smallest absolute Gasteiger partial charge is 0.114 e. The molecule has 0 aliphatic rings. The molecule has 7 heteroatoms. The third-order valence-electron chi connectivity index (χ3n) is 2.16. The van der Waals surface area contributed by atoms with Crippen LogP contribution in [-0.2, 0) is 0 Å². The highest BCUT2D eigenvalue weighted by Crippen LogP contribution is 2.20. The first-order valence-corrected chi connectivity index (χ1v) is 4.61. The molecule has 0 fully saturated rings. The van der Waals surface area contributed by atoms with E-state index in [0.717, 1.165) is 22.5 Å². The standard InChI is InChI=1S/C9H7N7/c1-6(8-4-11-15-13-8)2-10-3-7(1)9-5-12-16-14-9/h1-5H,(H,11,13,15)(H,12,14,16). The maximum absolute atomic E-state index is 4.13. The third-order valence-corrected chi connectivity index (χ3v) is 2.16. The van der Waals surface area contributed by atoms with E-state index in [9.17, 15) is 0 Å². The Bertz CT molecular complexity index is 520. The number of pyridine rings is 1. The van der Waals surface area contributed by atoms with Crippen molar-refractivity contribution in [3.8, 4) is 22.5 Å². The van der Waals surface area contributed by atoms with E-state index in [1.807, 2.05) is 6.07 Å². The van der Waals surface area contributed by atoms with E-state index in [0.29, 0.717) is 0 Å². The molecule has 0 saturated heterocycles. The van der Waals surface area contributed by atoms with Crippen molar-refractivity contribution in [2.45, 2.75) is 0 Å². The fourth-order valence-corrected chi connectivity index (χ4v) is 1.40. The third kappa shape index (κ3) is 1.44. The van der Waals surface area contributed by atoms with Crippen LogP contribution in [0, 0.1) is 0 Å². The second-order valence-electron chi connectivity index (χ2n) is 3.17. The van der Waals surface area contributed by atoms with Crippen LogP contribution in [0.4, 0.5) is 0 Å². The maximum atomic E-state index is 4.13. The van der Waals surface area contributed by atoms with Gasteiger partial charge in [0.1, 0.15) is 11.4 Å². The van der Waals surface area contributed by atoms with Gasteiger partial charge in [-0.25, -0.2) is 0 Å². The SMILES string of the molecule is c1ncc(-c2cn[nH]n2)cc1-c1cn[nH]n1. The number of hydrogen-bond acceptors (Lipinski definition) is 5. The van der Waals surface area contributed by atoms with Crippen LogP contribution in [0.15, 0.2) is 30.9 Å². The van der Waals surface area contributed by atoms with Gasteiger partial charge in [-0.2, -0.15) is 30.8 Å². The molecule has 0 bridgehead atoms. The van der Waals surface area contributed by atoms with Gasteiger partial charge in [-0.05, 0) is 6.07 Å². The highest BCUT2D eigenvalue weighted by atomic mass is 15.3. The summed E-state index contributed by atoms with van der Waals surface area (Å²) in [7, 11) is 0. The van der Waals surface area contributed by atoms with E-state index in [4.69, 9.17) is 0 Å². The number of H-pyrrole nitrogens is 2. The first-order valence-electron chi connectivity index (χ1n) is 4.61. The summed E-state index contributed by atoms with van der Waals surface area (Å²) in [5.74, 6) is 0. The van der Waals surface area contributed by atoms with Crippen molar-refractivity contribution < 1.29 is 0 Å². The zero-order chi connectivity index (χ0) is 10.8. The zero-order valence-corrected chi connectivity index (χ0v) is 8.12. The molecule has 0 aliphatic heterocycles. The lowest BCUT2D eigenvalue weighted by molar-refractivity contribution is 0.941. The number of hydrogen-bond donors (Lipinski definition) is 2. The first kappa shape index (κ1) is 8.72. The van der Waals surface area contributed by atoms with Crippen LogP contribution in [0.1, 0.15) is 0 Å². The lowest BCUT2D eigenvalue weighted by Gasteiger charge is -1.98. The molecular formula is C9H7N7. The van der Waals surface area contributed by atoms with Gasteiger partial charge in [0, 0.05) is 23.5 Å². The van der Waals surface area contributed by atoms with Gasteiger partial charge >= 0.3 is 0 Å². The number of nitrogens with zero attached hydrogens (tertiary/aromatic N) is 5. The summed E-state index contributed by atoms with van der Waals surface area (Å²) in [5.41, 5.74) is 3.26. The van der Waals surface area contributed by atoms with Gasteiger partial charge in [-0.3, -0.25) is 4.98 Å². The minimum absolute atomic E-state index is 0.748. The van der Waals surface area contributed by atoms with Crippen molar-refractivity contribution in [3.05, 3.63) is 30.9 Å². The van der Waals surface area contributed by atoms with Gasteiger partial charge in [0.2, 0.25) is 0 Å². The molecule has 0 unspecified atom stereocenters. The van der Waals surface area contributed by atoms with Gasteiger partial charge < -0.3 is 0 Å².